The summed E-state index contributed by atoms with van der Waals surface area (Å²) in [7, 11) is 1.97. The van der Waals surface area contributed by atoms with Gasteiger partial charge in [-0.15, -0.1) is 0 Å². The number of aromatic hydroxyl groups is 1. The van der Waals surface area contributed by atoms with Crippen molar-refractivity contribution in [2.45, 2.75) is 93.9 Å². The van der Waals surface area contributed by atoms with E-state index >= 15 is 0 Å². The van der Waals surface area contributed by atoms with E-state index in [1.165, 1.54) is 24.0 Å². The van der Waals surface area contributed by atoms with Crippen LogP contribution >= 0.6 is 0 Å². The third-order valence-electron chi connectivity index (χ3n) is 10.5. The second-order valence-electron chi connectivity index (χ2n) is 12.7. The maximum Gasteiger partial charge on any atom is 0.116 e. The van der Waals surface area contributed by atoms with Gasteiger partial charge in [-0.1, -0.05) is 30.4 Å². The third kappa shape index (κ3) is 3.45. The van der Waals surface area contributed by atoms with Crippen LogP contribution in [0.5, 0.6) is 5.75 Å². The molecule has 6 bridgehead atoms. The van der Waals surface area contributed by atoms with Gasteiger partial charge in [0.05, 0.1) is 23.0 Å². The van der Waals surface area contributed by atoms with E-state index in [0.717, 1.165) is 37.8 Å². The van der Waals surface area contributed by atoms with Gasteiger partial charge in [0.15, 0.2) is 0 Å². The van der Waals surface area contributed by atoms with Crippen molar-refractivity contribution >= 4 is 0 Å². The number of phenols is 1. The fourth-order valence-electron chi connectivity index (χ4n) is 9.24. The molecule has 36 heavy (non-hydrogen) atoms. The van der Waals surface area contributed by atoms with E-state index < -0.39 is 5.54 Å². The summed E-state index contributed by atoms with van der Waals surface area (Å²) in [6, 6.07) is 3.87. The number of phenolic OH excluding ortho intramolecular Hbond substituents is 1. The minimum absolute atomic E-state index is 0.0696. The number of allylic oxidation sites excluding steroid dienone is 2. The lowest BCUT2D eigenvalue weighted by Gasteiger charge is -2.68. The number of rotatable bonds is 4. The Hall–Kier alpha value is -1.84. The van der Waals surface area contributed by atoms with Crippen molar-refractivity contribution in [1.82, 2.24) is 5.32 Å². The second-order valence-corrected chi connectivity index (χ2v) is 12.7. The highest BCUT2D eigenvalue weighted by atomic mass is 16.5. The molecule has 0 aromatic heterocycles. The van der Waals surface area contributed by atoms with Crippen LogP contribution in [0.2, 0.25) is 0 Å². The summed E-state index contributed by atoms with van der Waals surface area (Å²) in [5.41, 5.74) is 9.76. The third-order valence-corrected chi connectivity index (χ3v) is 10.5. The summed E-state index contributed by atoms with van der Waals surface area (Å²) < 4.78 is 7.18. The van der Waals surface area contributed by atoms with Gasteiger partial charge in [-0.2, -0.15) is 0 Å². The first kappa shape index (κ1) is 24.5. The second kappa shape index (κ2) is 8.60. The molecule has 4 fully saturated rings. The Morgan fingerprint density at radius 3 is 2.75 bits per heavy atom. The maximum absolute atomic E-state index is 10.7. The Labute approximate surface area is 215 Å². The average molecular weight is 491 g/mol. The smallest absolute Gasteiger partial charge is 0.116 e. The molecule has 8 atom stereocenters. The van der Waals surface area contributed by atoms with Gasteiger partial charge in [-0.25, -0.2) is 0 Å². The van der Waals surface area contributed by atoms with Crippen molar-refractivity contribution in [3.05, 3.63) is 41.0 Å². The van der Waals surface area contributed by atoms with Crippen molar-refractivity contribution in [1.29, 1.82) is 0 Å². The number of benzene rings is 1. The summed E-state index contributed by atoms with van der Waals surface area (Å²) in [6.45, 7) is 5.21. The van der Waals surface area contributed by atoms with Crippen molar-refractivity contribution < 1.29 is 14.9 Å². The monoisotopic (exact) mass is 490 g/mol. The van der Waals surface area contributed by atoms with Gasteiger partial charge in [0.25, 0.3) is 0 Å². The summed E-state index contributed by atoms with van der Waals surface area (Å²) in [4.78, 5) is 0. The highest BCUT2D eigenvalue weighted by molar-refractivity contribution is 5.54. The van der Waals surface area contributed by atoms with Gasteiger partial charge in [0.1, 0.15) is 5.75 Å². The summed E-state index contributed by atoms with van der Waals surface area (Å²) >= 11 is 0. The van der Waals surface area contributed by atoms with Gasteiger partial charge < -0.3 is 26.0 Å². The van der Waals surface area contributed by atoms with Crippen LogP contribution in [-0.4, -0.2) is 40.6 Å². The van der Waals surface area contributed by atoms with E-state index in [0.29, 0.717) is 29.9 Å². The molecule has 5 nitrogen and oxygen atoms in total. The van der Waals surface area contributed by atoms with E-state index in [2.05, 4.69) is 43.2 Å². The highest BCUT2D eigenvalue weighted by Gasteiger charge is 2.68. The first-order valence-electron chi connectivity index (χ1n) is 14.0. The van der Waals surface area contributed by atoms with Crippen LogP contribution in [0.15, 0.2) is 24.3 Å². The molecule has 1 aromatic carbocycles. The zero-order valence-electron chi connectivity index (χ0n) is 22.0. The number of fused-ring (bicyclic) bond motifs is 2. The molecule has 1 aromatic rings. The lowest BCUT2D eigenvalue weighted by molar-refractivity contribution is -0.306. The molecule has 5 aliphatic carbocycles. The Kier molecular flexibility index (Phi) is 5.85. The normalized spacial score (nSPS) is 41.6. The van der Waals surface area contributed by atoms with Crippen LogP contribution < -0.4 is 11.1 Å². The van der Waals surface area contributed by atoms with Crippen LogP contribution in [0, 0.1) is 35.5 Å². The number of aliphatic hydroxyl groups excluding tert-OH is 1. The molecule has 2 saturated heterocycles. The van der Waals surface area contributed by atoms with Crippen LogP contribution in [0.4, 0.5) is 0 Å². The first-order valence-corrected chi connectivity index (χ1v) is 14.0. The standard InChI is InChI=1S/C31H42N2O3/c1-29(2)26-11-12-31(36-29)22-6-4-5-20(15-22)24-9-7-19(8-10-27(31)30(26,32)13-14-34)25-17-23(35)16-21(18-33-3)28(24)25/h7,9,16-17,19-20,22,24,26-27,33-35H,4-6,11-15,18,32H2,1-3H3/t19-,20+,22+,24-,26+,27-,30-,31+/m0/s1. The molecule has 0 unspecified atom stereocenters. The molecular formula is C31H42N2O3. The van der Waals surface area contributed by atoms with Gasteiger partial charge >= 0.3 is 0 Å². The van der Waals surface area contributed by atoms with E-state index in [-0.39, 0.29) is 35.6 Å². The van der Waals surface area contributed by atoms with E-state index in [1.807, 2.05) is 19.2 Å². The largest absolute Gasteiger partial charge is 0.508 e. The molecule has 5 heteroatoms. The van der Waals surface area contributed by atoms with Crippen LogP contribution in [0.1, 0.15) is 87.3 Å². The van der Waals surface area contributed by atoms with E-state index in [4.69, 9.17) is 10.5 Å². The lowest BCUT2D eigenvalue weighted by Crippen LogP contribution is -2.77. The fourth-order valence-corrected chi connectivity index (χ4v) is 9.24. The van der Waals surface area contributed by atoms with Gasteiger partial charge in [0, 0.05) is 30.5 Å². The van der Waals surface area contributed by atoms with E-state index in [9.17, 15) is 10.2 Å². The molecule has 8 rings (SSSR count). The van der Waals surface area contributed by atoms with Gasteiger partial charge in [-0.05, 0) is 100 Å². The minimum atomic E-state index is -0.580. The molecular weight excluding hydrogens is 448 g/mol. The topological polar surface area (TPSA) is 87.7 Å². The van der Waals surface area contributed by atoms with E-state index in [1.54, 1.807) is 0 Å². The Bertz CT molecular complexity index is 1130. The number of ether oxygens (including phenoxy) is 1. The Morgan fingerprint density at radius 1 is 1.17 bits per heavy atom. The molecule has 7 aliphatic rings. The number of hydrogen-bond acceptors (Lipinski definition) is 5. The molecule has 5 N–H and O–H groups in total. The fraction of sp³-hybridized carbons (Fsp3) is 0.677. The van der Waals surface area contributed by atoms with Crippen molar-refractivity contribution in [2.24, 2.45) is 29.4 Å². The average Bonchev–Trinajstić information content (AvgIpc) is 2.85. The van der Waals surface area contributed by atoms with Gasteiger partial charge in [0.2, 0.25) is 0 Å². The van der Waals surface area contributed by atoms with Crippen LogP contribution in [0.3, 0.4) is 0 Å². The quantitative estimate of drug-likeness (QED) is 0.373. The molecule has 2 heterocycles. The zero-order chi connectivity index (χ0) is 25.3. The molecule has 194 valence electrons. The van der Waals surface area contributed by atoms with Crippen molar-refractivity contribution in [2.75, 3.05) is 13.7 Å². The van der Waals surface area contributed by atoms with Crippen molar-refractivity contribution in [3.8, 4) is 17.6 Å². The lowest BCUT2D eigenvalue weighted by atomic mass is 9.48. The first-order chi connectivity index (χ1) is 17.2. The molecule has 2 aliphatic heterocycles. The predicted molar refractivity (Wildman–Crippen MR) is 141 cm³/mol. The SMILES string of the molecule is CNCc1cc(O)cc2c1[C@H]1C=C[C@H]2C#C[C@H]2[C@](N)(CCO)[C@@H]3CC[C@@]2(OC3(C)C)[C@@H]2CCC[C@@H]1C2. The van der Waals surface area contributed by atoms with Crippen molar-refractivity contribution in [3.63, 3.8) is 0 Å². The molecule has 1 spiro atoms. The van der Waals surface area contributed by atoms with Crippen LogP contribution in [0.25, 0.3) is 0 Å². The predicted octanol–water partition coefficient (Wildman–Crippen LogP) is 4.33. The summed E-state index contributed by atoms with van der Waals surface area (Å²) in [6.07, 6.45) is 11.9. The van der Waals surface area contributed by atoms with Gasteiger partial charge in [-0.3, -0.25) is 0 Å². The number of nitrogens with one attached hydrogen (secondary N) is 1. The summed E-state index contributed by atoms with van der Waals surface area (Å²) in [5.74, 6) is 8.90. The molecule has 2 saturated carbocycles. The summed E-state index contributed by atoms with van der Waals surface area (Å²) in [5, 5.41) is 24.1. The number of aliphatic hydroxyl groups is 1. The van der Waals surface area contributed by atoms with Crippen LogP contribution in [-0.2, 0) is 11.3 Å². The Morgan fingerprint density at radius 2 is 2.00 bits per heavy atom. The Balaban J connectivity index is 1.57. The molecule has 0 amide bonds. The minimum Gasteiger partial charge on any atom is -0.508 e. The highest BCUT2D eigenvalue weighted by Crippen LogP contribution is 2.63. The zero-order valence-corrected chi connectivity index (χ0v) is 22.0. The maximum atomic E-state index is 10.7. The number of nitrogens with two attached hydrogens (primary N) is 1. The molecule has 0 radical (unpaired) electrons. The number of hydrogen-bond donors (Lipinski definition) is 4.